The molecule has 7 nitrogen and oxygen atoms in total. The Balaban J connectivity index is 1.50. The molecule has 4 heterocycles. The molecule has 0 unspecified atom stereocenters. The number of nitrogens with zero attached hydrogens (tertiary/aromatic N) is 2. The van der Waals surface area contributed by atoms with E-state index in [1.165, 1.54) is 0 Å². The van der Waals surface area contributed by atoms with Crippen molar-refractivity contribution in [3.05, 3.63) is 54.1 Å². The maximum Gasteiger partial charge on any atom is 0.161 e. The van der Waals surface area contributed by atoms with Crippen molar-refractivity contribution in [2.75, 3.05) is 18.5 Å². The molecule has 5 rings (SSSR count). The lowest BCUT2D eigenvalue weighted by Gasteiger charge is -2.26. The van der Waals surface area contributed by atoms with Crippen LogP contribution in [-0.4, -0.2) is 33.1 Å². The van der Waals surface area contributed by atoms with E-state index < -0.39 is 0 Å². The fraction of sp³-hybridized carbons (Fsp3) is 0.304. The lowest BCUT2D eigenvalue weighted by Crippen LogP contribution is -2.19. The zero-order chi connectivity index (χ0) is 20.7. The summed E-state index contributed by atoms with van der Waals surface area (Å²) in [5.41, 5.74) is 5.18. The van der Waals surface area contributed by atoms with E-state index in [2.05, 4.69) is 63.4 Å². The van der Waals surface area contributed by atoms with Crippen molar-refractivity contribution in [1.82, 2.24) is 19.9 Å². The summed E-state index contributed by atoms with van der Waals surface area (Å²) in [6, 6.07) is 10.4. The third-order valence-corrected chi connectivity index (χ3v) is 5.45. The Kier molecular flexibility index (Phi) is 4.58. The number of aromatic amines is 2. The molecular formula is C23H25N5O2. The zero-order valence-electron chi connectivity index (χ0n) is 17.3. The van der Waals surface area contributed by atoms with E-state index in [1.807, 2.05) is 19.2 Å². The third-order valence-electron chi connectivity index (χ3n) is 5.45. The summed E-state index contributed by atoms with van der Waals surface area (Å²) in [7, 11) is 0. The summed E-state index contributed by atoms with van der Waals surface area (Å²) in [5, 5.41) is 4.61. The Bertz CT molecular complexity index is 1190. The second kappa shape index (κ2) is 7.40. The van der Waals surface area contributed by atoms with Gasteiger partial charge in [-0.15, -0.1) is 0 Å². The molecule has 7 heteroatoms. The lowest BCUT2D eigenvalue weighted by atomic mass is 9.95. The Morgan fingerprint density at radius 1 is 1.03 bits per heavy atom. The van der Waals surface area contributed by atoms with Crippen LogP contribution in [-0.2, 0) is 0 Å². The molecule has 0 amide bonds. The molecule has 30 heavy (non-hydrogen) atoms. The summed E-state index contributed by atoms with van der Waals surface area (Å²) in [6.07, 6.45) is 3.58. The van der Waals surface area contributed by atoms with Crippen LogP contribution in [0.5, 0.6) is 11.5 Å². The number of hydrogen-bond donors (Lipinski definition) is 3. The number of benzene rings is 1. The molecule has 4 aromatic rings. The highest BCUT2D eigenvalue weighted by atomic mass is 16.6. The number of fused-ring (bicyclic) bond motifs is 2. The van der Waals surface area contributed by atoms with Gasteiger partial charge in [-0.2, -0.15) is 0 Å². The summed E-state index contributed by atoms with van der Waals surface area (Å²) in [6.45, 7) is 7.59. The van der Waals surface area contributed by atoms with Gasteiger partial charge >= 0.3 is 0 Å². The quantitative estimate of drug-likeness (QED) is 0.444. The first-order valence-electron chi connectivity index (χ1n) is 10.2. The van der Waals surface area contributed by atoms with E-state index in [-0.39, 0.29) is 6.04 Å². The molecule has 1 aliphatic rings. The fourth-order valence-electron chi connectivity index (χ4n) is 3.91. The topological polar surface area (TPSA) is 87.8 Å². The van der Waals surface area contributed by atoms with Crippen molar-refractivity contribution in [2.45, 2.75) is 26.8 Å². The third kappa shape index (κ3) is 3.36. The van der Waals surface area contributed by atoms with E-state index >= 15 is 0 Å². The molecule has 3 aromatic heterocycles. The summed E-state index contributed by atoms with van der Waals surface area (Å²) >= 11 is 0. The minimum atomic E-state index is 0.0618. The van der Waals surface area contributed by atoms with Crippen LogP contribution >= 0.6 is 0 Å². The van der Waals surface area contributed by atoms with Gasteiger partial charge in [-0.25, -0.2) is 9.97 Å². The number of hydrogen-bond acceptors (Lipinski definition) is 5. The highest BCUT2D eigenvalue weighted by Crippen LogP contribution is 2.36. The molecule has 3 N–H and O–H groups in total. The van der Waals surface area contributed by atoms with E-state index in [0.29, 0.717) is 19.1 Å². The predicted molar refractivity (Wildman–Crippen MR) is 117 cm³/mol. The Morgan fingerprint density at radius 2 is 1.87 bits per heavy atom. The number of nitrogens with one attached hydrogen (secondary N) is 3. The molecule has 1 aliphatic heterocycles. The zero-order valence-corrected chi connectivity index (χ0v) is 17.3. The minimum absolute atomic E-state index is 0.0618. The molecule has 0 bridgehead atoms. The van der Waals surface area contributed by atoms with Crippen LogP contribution in [0.3, 0.4) is 0 Å². The van der Waals surface area contributed by atoms with Crippen LogP contribution in [0.2, 0.25) is 0 Å². The summed E-state index contributed by atoms with van der Waals surface area (Å²) in [4.78, 5) is 15.6. The van der Waals surface area contributed by atoms with Gasteiger partial charge in [0.15, 0.2) is 11.5 Å². The molecule has 1 atom stereocenters. The molecule has 154 valence electrons. The van der Waals surface area contributed by atoms with Crippen molar-refractivity contribution < 1.29 is 9.47 Å². The highest BCUT2D eigenvalue weighted by Gasteiger charge is 2.21. The first kappa shape index (κ1) is 18.5. The molecule has 0 spiro atoms. The number of ether oxygens (including phenoxy) is 2. The second-order valence-electron chi connectivity index (χ2n) is 8.01. The van der Waals surface area contributed by atoms with Gasteiger partial charge in [0.2, 0.25) is 0 Å². The van der Waals surface area contributed by atoms with Crippen LogP contribution in [0.25, 0.3) is 22.3 Å². The number of aryl methyl sites for hydroxylation is 1. The smallest absolute Gasteiger partial charge is 0.161 e. The van der Waals surface area contributed by atoms with Crippen LogP contribution in [0, 0.1) is 12.8 Å². The van der Waals surface area contributed by atoms with Gasteiger partial charge in [-0.3, -0.25) is 0 Å². The maximum atomic E-state index is 5.78. The van der Waals surface area contributed by atoms with E-state index in [0.717, 1.165) is 50.9 Å². The van der Waals surface area contributed by atoms with Crippen LogP contribution in [0.1, 0.15) is 31.1 Å². The molecule has 0 saturated heterocycles. The lowest BCUT2D eigenvalue weighted by molar-refractivity contribution is 0.171. The molecule has 0 saturated carbocycles. The molecule has 0 fully saturated rings. The van der Waals surface area contributed by atoms with Gasteiger partial charge in [0.05, 0.1) is 11.4 Å². The van der Waals surface area contributed by atoms with Gasteiger partial charge in [0.25, 0.3) is 0 Å². The van der Waals surface area contributed by atoms with Gasteiger partial charge in [0, 0.05) is 23.1 Å². The van der Waals surface area contributed by atoms with Gasteiger partial charge in [0.1, 0.15) is 31.0 Å². The normalized spacial score (nSPS) is 14.3. The maximum absolute atomic E-state index is 5.78. The molecule has 0 radical (unpaired) electrons. The van der Waals surface area contributed by atoms with Crippen molar-refractivity contribution in [2.24, 2.45) is 5.92 Å². The van der Waals surface area contributed by atoms with Crippen molar-refractivity contribution in [1.29, 1.82) is 0 Å². The monoisotopic (exact) mass is 403 g/mol. The SMILES string of the molecule is Cc1cc(-c2cc3c(N[C@@H](c4ccc5c(c4)OCCO5)C(C)C)ncnc3[nH]2)c[nH]1. The van der Waals surface area contributed by atoms with E-state index in [9.17, 15) is 0 Å². The molecular weight excluding hydrogens is 378 g/mol. The van der Waals surface area contributed by atoms with Crippen molar-refractivity contribution in [3.63, 3.8) is 0 Å². The largest absolute Gasteiger partial charge is 0.486 e. The summed E-state index contributed by atoms with van der Waals surface area (Å²) < 4.78 is 11.5. The molecule has 0 aliphatic carbocycles. The number of H-pyrrole nitrogens is 2. The minimum Gasteiger partial charge on any atom is -0.486 e. The standard InChI is InChI=1S/C23H25N5O2/c1-13(2)21(15-4-5-19-20(9-15)30-7-6-29-19)28-23-17-10-18(16-8-14(3)24-11-16)27-22(17)25-12-26-23/h4-5,8-13,21,24H,6-7H2,1-3H3,(H2,25,26,27,28)/t21-/m1/s1. The van der Waals surface area contributed by atoms with Gasteiger partial charge in [-0.1, -0.05) is 19.9 Å². The average Bonchev–Trinajstić information content (AvgIpc) is 3.38. The Hall–Kier alpha value is -3.48. The van der Waals surface area contributed by atoms with Gasteiger partial charge in [-0.05, 0) is 42.7 Å². The van der Waals surface area contributed by atoms with Crippen LogP contribution in [0.15, 0.2) is 42.9 Å². The van der Waals surface area contributed by atoms with E-state index in [1.54, 1.807) is 6.33 Å². The first-order chi connectivity index (χ1) is 14.6. The van der Waals surface area contributed by atoms with Crippen molar-refractivity contribution >= 4 is 16.9 Å². The van der Waals surface area contributed by atoms with E-state index in [4.69, 9.17) is 9.47 Å². The number of anilines is 1. The van der Waals surface area contributed by atoms with Crippen molar-refractivity contribution in [3.8, 4) is 22.8 Å². The molecule has 1 aromatic carbocycles. The van der Waals surface area contributed by atoms with Crippen LogP contribution in [0.4, 0.5) is 5.82 Å². The Labute approximate surface area is 174 Å². The van der Waals surface area contributed by atoms with Crippen LogP contribution < -0.4 is 14.8 Å². The second-order valence-corrected chi connectivity index (χ2v) is 8.01. The summed E-state index contributed by atoms with van der Waals surface area (Å²) in [5.74, 6) is 2.74. The van der Waals surface area contributed by atoms with Gasteiger partial charge < -0.3 is 24.8 Å². The first-order valence-corrected chi connectivity index (χ1v) is 10.2. The number of rotatable bonds is 5. The number of aromatic nitrogens is 4. The Morgan fingerprint density at radius 3 is 2.63 bits per heavy atom. The average molecular weight is 403 g/mol. The highest BCUT2D eigenvalue weighted by molar-refractivity contribution is 5.91. The fourth-order valence-corrected chi connectivity index (χ4v) is 3.91. The predicted octanol–water partition coefficient (Wildman–Crippen LogP) is 4.84.